The first-order valence-electron chi connectivity index (χ1n) is 13.0. The van der Waals surface area contributed by atoms with Gasteiger partial charge in [0.2, 0.25) is 5.95 Å². The Morgan fingerprint density at radius 3 is 2.71 bits per heavy atom. The summed E-state index contributed by atoms with van der Waals surface area (Å²) < 4.78 is 13.0. The predicted molar refractivity (Wildman–Crippen MR) is 149 cm³/mol. The summed E-state index contributed by atoms with van der Waals surface area (Å²) in [6, 6.07) is 13.6. The van der Waals surface area contributed by atoms with Crippen molar-refractivity contribution in [2.75, 3.05) is 56.6 Å². The van der Waals surface area contributed by atoms with Crippen LogP contribution < -0.4 is 10.6 Å². The zero-order valence-corrected chi connectivity index (χ0v) is 22.3. The highest BCUT2D eigenvalue weighted by atomic mass is 35.5. The molecule has 2 N–H and O–H groups in total. The summed E-state index contributed by atoms with van der Waals surface area (Å²) in [6.45, 7) is 8.81. The van der Waals surface area contributed by atoms with Crippen molar-refractivity contribution < 1.29 is 9.47 Å². The molecule has 11 heteroatoms. The van der Waals surface area contributed by atoms with E-state index in [-0.39, 0.29) is 0 Å². The molecule has 0 saturated carbocycles. The maximum Gasteiger partial charge on any atom is 0.224 e. The van der Waals surface area contributed by atoms with Crippen molar-refractivity contribution in [2.45, 2.75) is 26.6 Å². The predicted octanol–water partition coefficient (Wildman–Crippen LogP) is 4.28. The van der Waals surface area contributed by atoms with Crippen LogP contribution in [-0.4, -0.2) is 75.6 Å². The number of nitrogens with one attached hydrogen (secondary N) is 2. The first-order valence-corrected chi connectivity index (χ1v) is 13.4. The van der Waals surface area contributed by atoms with E-state index in [9.17, 15) is 0 Å². The maximum absolute atomic E-state index is 6.00. The van der Waals surface area contributed by atoms with Crippen LogP contribution in [0.1, 0.15) is 18.9 Å². The lowest BCUT2D eigenvalue weighted by Gasteiger charge is -2.26. The van der Waals surface area contributed by atoms with Crippen LogP contribution in [0, 0.1) is 0 Å². The third-order valence-corrected chi connectivity index (χ3v) is 6.50. The molecule has 1 aliphatic rings. The SMILES string of the molecule is CCCOCn1nc(-c2cccc(NCc3ccc(Cl)cc3)n2)c2cnc(NCCN3CCOCC3)nc21. The largest absolute Gasteiger partial charge is 0.379 e. The number of halogens is 1. The van der Waals surface area contributed by atoms with Crippen molar-refractivity contribution in [3.05, 3.63) is 59.2 Å². The average Bonchev–Trinajstić information content (AvgIpc) is 3.31. The monoisotopic (exact) mass is 536 g/mol. The molecule has 1 aliphatic heterocycles. The molecule has 0 aliphatic carbocycles. The number of aromatic nitrogens is 5. The highest BCUT2D eigenvalue weighted by Gasteiger charge is 2.17. The molecule has 38 heavy (non-hydrogen) atoms. The van der Waals surface area contributed by atoms with Crippen LogP contribution in [-0.2, 0) is 22.7 Å². The maximum atomic E-state index is 6.00. The lowest BCUT2D eigenvalue weighted by Crippen LogP contribution is -2.39. The normalized spacial score (nSPS) is 14.2. The Morgan fingerprint density at radius 1 is 1.05 bits per heavy atom. The number of rotatable bonds is 12. The zero-order valence-electron chi connectivity index (χ0n) is 21.6. The first kappa shape index (κ1) is 26.3. The van der Waals surface area contributed by atoms with Crippen molar-refractivity contribution >= 4 is 34.4 Å². The summed E-state index contributed by atoms with van der Waals surface area (Å²) in [5.41, 5.74) is 3.28. The van der Waals surface area contributed by atoms with Crippen LogP contribution in [0.2, 0.25) is 5.02 Å². The van der Waals surface area contributed by atoms with Gasteiger partial charge in [0.1, 0.15) is 18.2 Å². The number of morpholine rings is 1. The molecule has 0 bridgehead atoms. The molecule has 0 atom stereocenters. The van der Waals surface area contributed by atoms with E-state index < -0.39 is 0 Å². The van der Waals surface area contributed by atoms with Gasteiger partial charge in [0.25, 0.3) is 0 Å². The zero-order chi connectivity index (χ0) is 26.2. The van der Waals surface area contributed by atoms with Gasteiger partial charge in [-0.3, -0.25) is 4.90 Å². The molecule has 0 amide bonds. The second-order valence-corrected chi connectivity index (χ2v) is 9.52. The number of ether oxygens (including phenoxy) is 2. The van der Waals surface area contributed by atoms with Gasteiger partial charge >= 0.3 is 0 Å². The molecule has 3 aromatic heterocycles. The van der Waals surface area contributed by atoms with E-state index >= 15 is 0 Å². The molecule has 0 spiro atoms. The van der Waals surface area contributed by atoms with Crippen LogP contribution in [0.5, 0.6) is 0 Å². The number of pyridine rings is 1. The molecule has 1 aromatic carbocycles. The lowest BCUT2D eigenvalue weighted by molar-refractivity contribution is 0.0398. The van der Waals surface area contributed by atoms with Crippen molar-refractivity contribution in [3.63, 3.8) is 0 Å². The van der Waals surface area contributed by atoms with Gasteiger partial charge in [-0.25, -0.2) is 14.6 Å². The number of hydrogen-bond acceptors (Lipinski definition) is 9. The highest BCUT2D eigenvalue weighted by molar-refractivity contribution is 6.30. The van der Waals surface area contributed by atoms with Crippen LogP contribution >= 0.6 is 11.6 Å². The summed E-state index contributed by atoms with van der Waals surface area (Å²) >= 11 is 6.00. The Balaban J connectivity index is 1.34. The topological polar surface area (TPSA) is 102 Å². The highest BCUT2D eigenvalue weighted by Crippen LogP contribution is 2.27. The average molecular weight is 537 g/mol. The molecule has 4 heterocycles. The summed E-state index contributed by atoms with van der Waals surface area (Å²) in [5.74, 6) is 1.32. The van der Waals surface area contributed by atoms with Gasteiger partial charge in [0.15, 0.2) is 5.65 Å². The fourth-order valence-corrected chi connectivity index (χ4v) is 4.35. The Morgan fingerprint density at radius 2 is 1.89 bits per heavy atom. The van der Waals surface area contributed by atoms with Crippen molar-refractivity contribution in [1.29, 1.82) is 0 Å². The standard InChI is InChI=1S/C27H33ClN8O2/c1-2-14-38-19-36-26-22(18-31-27(33-26)29-10-11-35-12-15-37-16-13-35)25(34-36)23-4-3-5-24(32-23)30-17-20-6-8-21(28)9-7-20/h3-9,18H,2,10-17,19H2,1H3,(H,30,32)(H,29,31,33). The molecule has 1 fully saturated rings. The fourth-order valence-electron chi connectivity index (χ4n) is 4.23. The van der Waals surface area contributed by atoms with Gasteiger partial charge < -0.3 is 20.1 Å². The molecule has 10 nitrogen and oxygen atoms in total. The molecule has 4 aromatic rings. The van der Waals surface area contributed by atoms with E-state index in [1.165, 1.54) is 0 Å². The summed E-state index contributed by atoms with van der Waals surface area (Å²) in [4.78, 5) is 16.6. The number of hydrogen-bond donors (Lipinski definition) is 2. The van der Waals surface area contributed by atoms with E-state index in [1.807, 2.05) is 48.7 Å². The fraction of sp³-hybridized carbons (Fsp3) is 0.407. The van der Waals surface area contributed by atoms with Crippen molar-refractivity contribution in [3.8, 4) is 11.4 Å². The first-order chi connectivity index (χ1) is 18.7. The molecule has 1 saturated heterocycles. The molecular formula is C27H33ClN8O2. The summed E-state index contributed by atoms with van der Waals surface area (Å²) in [5, 5.41) is 13.1. The lowest BCUT2D eigenvalue weighted by atomic mass is 10.2. The Labute approximate surface area is 227 Å². The van der Waals surface area contributed by atoms with Gasteiger partial charge in [0.05, 0.1) is 24.3 Å². The van der Waals surface area contributed by atoms with Crippen molar-refractivity contribution in [2.24, 2.45) is 0 Å². The molecule has 200 valence electrons. The van der Waals surface area contributed by atoms with Gasteiger partial charge in [-0.1, -0.05) is 36.7 Å². The molecule has 0 radical (unpaired) electrons. The van der Waals surface area contributed by atoms with E-state index in [0.29, 0.717) is 31.5 Å². The third-order valence-electron chi connectivity index (χ3n) is 6.24. The molecular weight excluding hydrogens is 504 g/mol. The van der Waals surface area contributed by atoms with E-state index in [4.69, 9.17) is 36.1 Å². The number of benzene rings is 1. The van der Waals surface area contributed by atoms with Crippen LogP contribution in [0.15, 0.2) is 48.7 Å². The van der Waals surface area contributed by atoms with Crippen LogP contribution in [0.3, 0.4) is 0 Å². The van der Waals surface area contributed by atoms with Crippen LogP contribution in [0.25, 0.3) is 22.4 Å². The second-order valence-electron chi connectivity index (χ2n) is 9.09. The van der Waals surface area contributed by atoms with Gasteiger partial charge in [0, 0.05) is 50.6 Å². The number of fused-ring (bicyclic) bond motifs is 1. The minimum Gasteiger partial charge on any atom is -0.379 e. The molecule has 0 unspecified atom stereocenters. The van der Waals surface area contributed by atoms with E-state index in [2.05, 4.69) is 27.4 Å². The third kappa shape index (κ3) is 6.76. The van der Waals surface area contributed by atoms with Crippen LogP contribution in [0.4, 0.5) is 11.8 Å². The summed E-state index contributed by atoms with van der Waals surface area (Å²) in [7, 11) is 0. The Kier molecular flexibility index (Phi) is 8.98. The number of nitrogens with zero attached hydrogens (tertiary/aromatic N) is 6. The smallest absolute Gasteiger partial charge is 0.224 e. The number of anilines is 2. The second kappa shape index (κ2) is 13.0. The van der Waals surface area contributed by atoms with Gasteiger partial charge in [-0.15, -0.1) is 0 Å². The van der Waals surface area contributed by atoms with E-state index in [0.717, 1.165) is 79.0 Å². The summed E-state index contributed by atoms with van der Waals surface area (Å²) in [6.07, 6.45) is 2.74. The molecule has 5 rings (SSSR count). The van der Waals surface area contributed by atoms with Crippen molar-refractivity contribution in [1.82, 2.24) is 29.6 Å². The van der Waals surface area contributed by atoms with Gasteiger partial charge in [-0.05, 0) is 36.2 Å². The minimum absolute atomic E-state index is 0.309. The van der Waals surface area contributed by atoms with E-state index in [1.54, 1.807) is 4.68 Å². The van der Waals surface area contributed by atoms with Gasteiger partial charge in [-0.2, -0.15) is 10.1 Å². The Hall–Kier alpha value is -3.31. The Bertz CT molecular complexity index is 1320. The minimum atomic E-state index is 0.309. The quantitative estimate of drug-likeness (QED) is 0.257.